The fraction of sp³-hybridized carbons (Fsp3) is 0.250. The fourth-order valence-corrected chi connectivity index (χ4v) is 4.58. The molecule has 5 aromatic rings. The van der Waals surface area contributed by atoms with Crippen LogP contribution in [0.15, 0.2) is 70.3 Å². The van der Waals surface area contributed by atoms with Crippen molar-refractivity contribution in [1.29, 1.82) is 0 Å². The van der Waals surface area contributed by atoms with Gasteiger partial charge < -0.3 is 28.9 Å². The molecular weight excluding hydrogens is 632 g/mol. The van der Waals surface area contributed by atoms with Crippen LogP contribution in [0.2, 0.25) is 0 Å². The first kappa shape index (κ1) is 28.9. The summed E-state index contributed by atoms with van der Waals surface area (Å²) in [5.74, 6) is 0.617. The molecule has 0 aliphatic rings. The summed E-state index contributed by atoms with van der Waals surface area (Å²) in [7, 11) is 3.24. The molecule has 0 fully saturated rings. The summed E-state index contributed by atoms with van der Waals surface area (Å²) in [5.41, 5.74) is 4.41. The van der Waals surface area contributed by atoms with E-state index in [9.17, 15) is 4.79 Å². The number of ether oxygens (including phenoxy) is 4. The third kappa shape index (κ3) is 7.52. The Morgan fingerprint density at radius 2 is 1.54 bits per heavy atom. The Balaban J connectivity index is 0.000000183. The monoisotopic (exact) mass is 658 g/mol. The van der Waals surface area contributed by atoms with Crippen LogP contribution in [0.3, 0.4) is 0 Å². The molecule has 0 atom stereocenters. The van der Waals surface area contributed by atoms with E-state index in [1.165, 1.54) is 6.33 Å². The average Bonchev–Trinajstić information content (AvgIpc) is 3.55. The molecule has 39 heavy (non-hydrogen) atoms. The zero-order valence-electron chi connectivity index (χ0n) is 21.5. The van der Waals surface area contributed by atoms with Crippen molar-refractivity contribution in [3.05, 3.63) is 75.8 Å². The Morgan fingerprint density at radius 1 is 0.872 bits per heavy atom. The van der Waals surface area contributed by atoms with Crippen molar-refractivity contribution in [3.8, 4) is 17.0 Å². The molecule has 3 heterocycles. The third-order valence-electron chi connectivity index (χ3n) is 5.73. The van der Waals surface area contributed by atoms with Gasteiger partial charge in [0.15, 0.2) is 11.5 Å². The first-order chi connectivity index (χ1) is 19.0. The van der Waals surface area contributed by atoms with Crippen molar-refractivity contribution >= 4 is 59.4 Å². The largest absolute Gasteiger partial charge is 0.487 e. The second-order valence-electron chi connectivity index (χ2n) is 8.33. The van der Waals surface area contributed by atoms with Crippen molar-refractivity contribution < 1.29 is 23.7 Å². The van der Waals surface area contributed by atoms with E-state index in [2.05, 4.69) is 57.9 Å². The van der Waals surface area contributed by atoms with E-state index in [0.29, 0.717) is 37.7 Å². The van der Waals surface area contributed by atoms with E-state index in [1.54, 1.807) is 26.6 Å². The molecule has 11 heteroatoms. The topological polar surface area (TPSA) is 111 Å². The molecule has 3 aromatic heterocycles. The van der Waals surface area contributed by atoms with E-state index in [-0.39, 0.29) is 12.4 Å². The van der Waals surface area contributed by atoms with Crippen LogP contribution in [0.1, 0.15) is 10.4 Å². The number of halogens is 2. The minimum absolute atomic E-state index is 0.0320. The predicted octanol–water partition coefficient (Wildman–Crippen LogP) is 6.19. The molecule has 0 bridgehead atoms. The number of aromatic amines is 2. The average molecular weight is 660 g/mol. The number of Topliss-reactive ketones (excluding diaryl/α,β-unsaturated/α-hetero) is 1. The summed E-state index contributed by atoms with van der Waals surface area (Å²) < 4.78 is 22.8. The third-order valence-corrected chi connectivity index (χ3v) is 6.72. The highest BCUT2D eigenvalue weighted by Gasteiger charge is 2.14. The Morgan fingerprint density at radius 3 is 2.28 bits per heavy atom. The molecule has 204 valence electrons. The van der Waals surface area contributed by atoms with Crippen LogP contribution in [0.4, 0.5) is 0 Å². The van der Waals surface area contributed by atoms with Crippen LogP contribution in [-0.4, -0.2) is 73.0 Å². The van der Waals surface area contributed by atoms with Gasteiger partial charge in [-0.05, 0) is 36.4 Å². The van der Waals surface area contributed by atoms with Gasteiger partial charge in [0.2, 0.25) is 0 Å². The van der Waals surface area contributed by atoms with Crippen molar-refractivity contribution in [2.75, 3.05) is 47.3 Å². The summed E-state index contributed by atoms with van der Waals surface area (Å²) in [6, 6.07) is 11.9. The highest BCUT2D eigenvalue weighted by molar-refractivity contribution is 9.10. The molecular formula is C28H28Br2N4O5. The number of fused-ring (bicyclic) bond motifs is 2. The smallest absolute Gasteiger partial charge is 0.190 e. The quantitative estimate of drug-likeness (QED) is 0.129. The number of hydrogen-bond acceptors (Lipinski definition) is 7. The van der Waals surface area contributed by atoms with E-state index in [4.69, 9.17) is 18.9 Å². The zero-order chi connectivity index (χ0) is 27.6. The Hall–Kier alpha value is -3.09. The maximum atomic E-state index is 12.0. The van der Waals surface area contributed by atoms with Crippen LogP contribution in [-0.2, 0) is 14.2 Å². The highest BCUT2D eigenvalue weighted by Crippen LogP contribution is 2.34. The number of aromatic nitrogens is 4. The second kappa shape index (κ2) is 14.3. The molecule has 2 N–H and O–H groups in total. The SMILES string of the molecule is COCCOCC(=O)c1c[nH]c2ccc(Br)cc12.COCCOc1cncnc1-c1c[nH]c2ccc(Br)cc12. The van der Waals surface area contributed by atoms with Gasteiger partial charge in [0.1, 0.15) is 25.2 Å². The number of rotatable bonds is 11. The van der Waals surface area contributed by atoms with E-state index in [0.717, 1.165) is 42.0 Å². The van der Waals surface area contributed by atoms with Crippen molar-refractivity contribution in [3.63, 3.8) is 0 Å². The number of benzene rings is 2. The molecule has 0 saturated heterocycles. The van der Waals surface area contributed by atoms with E-state index in [1.807, 2.05) is 36.5 Å². The van der Waals surface area contributed by atoms with Crippen molar-refractivity contribution in [2.24, 2.45) is 0 Å². The summed E-state index contributed by atoms with van der Waals surface area (Å²) in [6.07, 6.45) is 6.85. The summed E-state index contributed by atoms with van der Waals surface area (Å²) in [6.45, 7) is 1.97. The minimum atomic E-state index is -0.0320. The molecule has 0 aliphatic carbocycles. The molecule has 5 rings (SSSR count). The number of H-pyrrole nitrogens is 2. The number of carbonyl (C=O) groups is 1. The Kier molecular flexibility index (Phi) is 10.6. The van der Waals surface area contributed by atoms with Crippen molar-refractivity contribution in [2.45, 2.75) is 0 Å². The standard InChI is InChI=1S/C15H14BrN3O2.C13H14BrNO3/c1-20-4-5-21-14-8-17-9-19-15(14)12-7-18-13-3-2-10(16)6-11(12)13;1-17-4-5-18-8-13(16)11-7-15-12-3-2-9(14)6-10(11)12/h2-3,6-9,18H,4-5H2,1H3;2-3,6-7,15H,4-5,8H2,1H3. The highest BCUT2D eigenvalue weighted by atomic mass is 79.9. The molecule has 0 spiro atoms. The maximum absolute atomic E-state index is 12.0. The Bertz CT molecular complexity index is 1540. The number of ketones is 1. The lowest BCUT2D eigenvalue weighted by molar-refractivity contribution is 0.0578. The molecule has 2 aromatic carbocycles. The normalized spacial score (nSPS) is 11.0. The minimum Gasteiger partial charge on any atom is -0.487 e. The first-order valence-electron chi connectivity index (χ1n) is 12.1. The van der Waals surface area contributed by atoms with Crippen LogP contribution in [0.25, 0.3) is 33.1 Å². The van der Waals surface area contributed by atoms with Crippen LogP contribution in [0, 0.1) is 0 Å². The number of carbonyl (C=O) groups excluding carboxylic acids is 1. The fourth-order valence-electron chi connectivity index (χ4n) is 3.86. The second-order valence-corrected chi connectivity index (χ2v) is 10.2. The van der Waals surface area contributed by atoms with Gasteiger partial charge in [0.25, 0.3) is 0 Å². The van der Waals surface area contributed by atoms with E-state index >= 15 is 0 Å². The van der Waals surface area contributed by atoms with Crippen LogP contribution >= 0.6 is 31.9 Å². The summed E-state index contributed by atoms with van der Waals surface area (Å²) in [5, 5.41) is 1.99. The molecule has 0 saturated carbocycles. The number of nitrogens with one attached hydrogen (secondary N) is 2. The Labute approximate surface area is 242 Å². The lowest BCUT2D eigenvalue weighted by atomic mass is 10.1. The number of hydrogen-bond donors (Lipinski definition) is 2. The molecule has 0 aliphatic heterocycles. The molecule has 0 radical (unpaired) electrons. The lowest BCUT2D eigenvalue weighted by Crippen LogP contribution is -2.11. The maximum Gasteiger partial charge on any atom is 0.190 e. The summed E-state index contributed by atoms with van der Waals surface area (Å²) in [4.78, 5) is 26.7. The van der Waals surface area contributed by atoms with Crippen molar-refractivity contribution in [1.82, 2.24) is 19.9 Å². The van der Waals surface area contributed by atoms with Crippen LogP contribution in [0.5, 0.6) is 5.75 Å². The summed E-state index contributed by atoms with van der Waals surface area (Å²) >= 11 is 6.90. The molecule has 9 nitrogen and oxygen atoms in total. The van der Waals surface area contributed by atoms with Gasteiger partial charge in [-0.3, -0.25) is 4.79 Å². The lowest BCUT2D eigenvalue weighted by Gasteiger charge is -2.09. The molecule has 0 unspecified atom stereocenters. The van der Waals surface area contributed by atoms with Gasteiger partial charge in [-0.25, -0.2) is 9.97 Å². The number of nitrogens with zero attached hydrogens (tertiary/aromatic N) is 2. The van der Waals surface area contributed by atoms with E-state index < -0.39 is 0 Å². The zero-order valence-corrected chi connectivity index (χ0v) is 24.7. The van der Waals surface area contributed by atoms with Gasteiger partial charge in [-0.1, -0.05) is 31.9 Å². The van der Waals surface area contributed by atoms with Gasteiger partial charge in [-0.2, -0.15) is 0 Å². The van der Waals surface area contributed by atoms with Gasteiger partial charge in [0, 0.05) is 68.5 Å². The van der Waals surface area contributed by atoms with Gasteiger partial charge >= 0.3 is 0 Å². The van der Waals surface area contributed by atoms with Gasteiger partial charge in [-0.15, -0.1) is 0 Å². The molecule has 0 amide bonds. The first-order valence-corrected chi connectivity index (χ1v) is 13.7. The number of methoxy groups -OCH3 is 2. The predicted molar refractivity (Wildman–Crippen MR) is 157 cm³/mol. The van der Waals surface area contributed by atoms with Crippen LogP contribution < -0.4 is 4.74 Å². The van der Waals surface area contributed by atoms with Gasteiger partial charge in [0.05, 0.1) is 26.0 Å².